The summed E-state index contributed by atoms with van der Waals surface area (Å²) >= 11 is 1.66. The normalized spacial score (nSPS) is 10.7. The third-order valence-corrected chi connectivity index (χ3v) is 5.97. The zero-order valence-electron chi connectivity index (χ0n) is 19.2. The number of ketones is 1. The van der Waals surface area contributed by atoms with E-state index in [9.17, 15) is 9.90 Å². The van der Waals surface area contributed by atoms with Crippen LogP contribution in [0.1, 0.15) is 62.0 Å². The molecule has 2 rings (SSSR count). The molecule has 2 aromatic rings. The SMILES string of the molecule is CCCc1c(SCCOc2ccc(C(C)=O)c(OC)c2CCC)ccc(OCC)c1O. The number of benzene rings is 2. The van der Waals surface area contributed by atoms with Crippen LogP contribution in [0.3, 0.4) is 0 Å². The van der Waals surface area contributed by atoms with Crippen molar-refractivity contribution in [3.05, 3.63) is 41.0 Å². The fraction of sp³-hybridized carbons (Fsp3) is 0.480. The molecule has 170 valence electrons. The average molecular weight is 447 g/mol. The lowest BCUT2D eigenvalue weighted by molar-refractivity contribution is 0.101. The molecule has 0 aliphatic heterocycles. The molecule has 2 aromatic carbocycles. The molecular weight excluding hydrogens is 412 g/mol. The van der Waals surface area contributed by atoms with Crippen molar-refractivity contribution in [3.8, 4) is 23.0 Å². The Labute approximate surface area is 190 Å². The Morgan fingerprint density at radius 3 is 2.26 bits per heavy atom. The van der Waals surface area contributed by atoms with E-state index < -0.39 is 0 Å². The second kappa shape index (κ2) is 12.5. The van der Waals surface area contributed by atoms with Gasteiger partial charge in [-0.15, -0.1) is 11.8 Å². The lowest BCUT2D eigenvalue weighted by Gasteiger charge is -2.17. The maximum absolute atomic E-state index is 11.9. The predicted octanol–water partition coefficient (Wildman–Crippen LogP) is 6.08. The van der Waals surface area contributed by atoms with Crippen molar-refractivity contribution in [2.24, 2.45) is 0 Å². The fourth-order valence-corrected chi connectivity index (χ4v) is 4.46. The van der Waals surface area contributed by atoms with Crippen molar-refractivity contribution in [2.75, 3.05) is 26.1 Å². The van der Waals surface area contributed by atoms with Gasteiger partial charge in [-0.05, 0) is 51.0 Å². The number of phenolic OH excluding ortho intramolecular Hbond substituents is 1. The zero-order chi connectivity index (χ0) is 22.8. The van der Waals surface area contributed by atoms with Crippen LogP contribution in [0.25, 0.3) is 0 Å². The van der Waals surface area contributed by atoms with Gasteiger partial charge in [-0.1, -0.05) is 26.7 Å². The van der Waals surface area contributed by atoms with Crippen molar-refractivity contribution in [1.82, 2.24) is 0 Å². The number of ether oxygens (including phenoxy) is 3. The standard InChI is InChI=1S/C25H34O5S/c1-6-9-19-21(12-11-18(17(4)26)25(19)28-5)30-15-16-31-23-14-13-22(29-8-3)24(27)20(23)10-7-2/h11-14,27H,6-10,15-16H2,1-5H3. The minimum Gasteiger partial charge on any atom is -0.504 e. The van der Waals surface area contributed by atoms with Gasteiger partial charge in [0, 0.05) is 21.8 Å². The van der Waals surface area contributed by atoms with Crippen LogP contribution in [0, 0.1) is 0 Å². The number of carbonyl (C=O) groups excluding carboxylic acids is 1. The number of rotatable bonds is 13. The molecule has 0 aromatic heterocycles. The van der Waals surface area contributed by atoms with Gasteiger partial charge in [-0.3, -0.25) is 4.79 Å². The van der Waals surface area contributed by atoms with Gasteiger partial charge in [-0.25, -0.2) is 0 Å². The number of aromatic hydroxyl groups is 1. The average Bonchev–Trinajstić information content (AvgIpc) is 2.75. The first-order valence-corrected chi connectivity index (χ1v) is 11.9. The minimum absolute atomic E-state index is 0.0185. The molecule has 0 saturated heterocycles. The summed E-state index contributed by atoms with van der Waals surface area (Å²) in [6.07, 6.45) is 3.44. The number of hydrogen-bond donors (Lipinski definition) is 1. The van der Waals surface area contributed by atoms with Crippen molar-refractivity contribution < 1.29 is 24.1 Å². The van der Waals surface area contributed by atoms with E-state index in [1.165, 1.54) is 0 Å². The van der Waals surface area contributed by atoms with Gasteiger partial charge in [0.1, 0.15) is 11.5 Å². The molecule has 0 spiro atoms. The Balaban J connectivity index is 2.12. The number of hydrogen-bond acceptors (Lipinski definition) is 6. The second-order valence-electron chi connectivity index (χ2n) is 7.20. The van der Waals surface area contributed by atoms with Gasteiger partial charge in [0.05, 0.1) is 25.9 Å². The smallest absolute Gasteiger partial charge is 0.163 e. The molecule has 5 nitrogen and oxygen atoms in total. The number of carbonyl (C=O) groups is 1. The van der Waals surface area contributed by atoms with Gasteiger partial charge in [0.25, 0.3) is 0 Å². The summed E-state index contributed by atoms with van der Waals surface area (Å²) in [6, 6.07) is 7.46. The Morgan fingerprint density at radius 2 is 1.65 bits per heavy atom. The Kier molecular flexibility index (Phi) is 10.0. The highest BCUT2D eigenvalue weighted by Gasteiger charge is 2.18. The second-order valence-corrected chi connectivity index (χ2v) is 8.33. The predicted molar refractivity (Wildman–Crippen MR) is 126 cm³/mol. The molecule has 6 heteroatoms. The molecule has 0 heterocycles. The van der Waals surface area contributed by atoms with Crippen LogP contribution in [0.2, 0.25) is 0 Å². The summed E-state index contributed by atoms with van der Waals surface area (Å²) in [4.78, 5) is 13.0. The summed E-state index contributed by atoms with van der Waals surface area (Å²) in [6.45, 7) is 8.66. The van der Waals surface area contributed by atoms with E-state index in [0.717, 1.165) is 53.2 Å². The van der Waals surface area contributed by atoms with Gasteiger partial charge in [0.2, 0.25) is 0 Å². The van der Waals surface area contributed by atoms with Crippen molar-refractivity contribution in [3.63, 3.8) is 0 Å². The highest BCUT2D eigenvalue weighted by molar-refractivity contribution is 7.99. The highest BCUT2D eigenvalue weighted by atomic mass is 32.2. The van der Waals surface area contributed by atoms with E-state index >= 15 is 0 Å². The van der Waals surface area contributed by atoms with E-state index in [4.69, 9.17) is 14.2 Å². The van der Waals surface area contributed by atoms with E-state index in [-0.39, 0.29) is 11.5 Å². The summed E-state index contributed by atoms with van der Waals surface area (Å²) in [5, 5.41) is 10.6. The van der Waals surface area contributed by atoms with Crippen LogP contribution >= 0.6 is 11.8 Å². The molecule has 1 N–H and O–H groups in total. The van der Waals surface area contributed by atoms with E-state index in [1.807, 2.05) is 25.1 Å². The van der Waals surface area contributed by atoms with E-state index in [2.05, 4.69) is 13.8 Å². The lowest BCUT2D eigenvalue weighted by atomic mass is 10.0. The lowest BCUT2D eigenvalue weighted by Crippen LogP contribution is -2.07. The molecule has 0 aliphatic carbocycles. The van der Waals surface area contributed by atoms with Gasteiger partial charge < -0.3 is 19.3 Å². The molecular formula is C25H34O5S. The topological polar surface area (TPSA) is 65.0 Å². The van der Waals surface area contributed by atoms with Gasteiger partial charge >= 0.3 is 0 Å². The zero-order valence-corrected chi connectivity index (χ0v) is 20.1. The van der Waals surface area contributed by atoms with Crippen LogP contribution in [0.15, 0.2) is 29.2 Å². The summed E-state index contributed by atoms with van der Waals surface area (Å²) in [5.41, 5.74) is 2.45. The first-order valence-electron chi connectivity index (χ1n) is 10.9. The largest absolute Gasteiger partial charge is 0.504 e. The number of methoxy groups -OCH3 is 1. The quantitative estimate of drug-likeness (QED) is 0.229. The molecule has 0 radical (unpaired) electrons. The maximum atomic E-state index is 11.9. The fourth-order valence-electron chi connectivity index (χ4n) is 3.54. The van der Waals surface area contributed by atoms with Crippen LogP contribution in [-0.2, 0) is 12.8 Å². The van der Waals surface area contributed by atoms with Crippen LogP contribution in [0.5, 0.6) is 23.0 Å². The third kappa shape index (κ3) is 6.33. The van der Waals surface area contributed by atoms with E-state index in [0.29, 0.717) is 30.3 Å². The summed E-state index contributed by atoms with van der Waals surface area (Å²) < 4.78 is 17.2. The van der Waals surface area contributed by atoms with Crippen LogP contribution < -0.4 is 14.2 Å². The van der Waals surface area contributed by atoms with Crippen molar-refractivity contribution in [1.29, 1.82) is 0 Å². The van der Waals surface area contributed by atoms with Crippen LogP contribution in [-0.4, -0.2) is 37.0 Å². The maximum Gasteiger partial charge on any atom is 0.163 e. The first kappa shape index (κ1) is 24.9. The molecule has 0 fully saturated rings. The van der Waals surface area contributed by atoms with Crippen molar-refractivity contribution in [2.45, 2.75) is 58.3 Å². The minimum atomic E-state index is -0.0185. The Morgan fingerprint density at radius 1 is 0.968 bits per heavy atom. The molecule has 0 unspecified atom stereocenters. The molecule has 0 atom stereocenters. The molecule has 0 amide bonds. The molecule has 0 aliphatic rings. The van der Waals surface area contributed by atoms with Gasteiger partial charge in [0.15, 0.2) is 17.3 Å². The Bertz CT molecular complexity index is 879. The van der Waals surface area contributed by atoms with Crippen LogP contribution in [0.4, 0.5) is 0 Å². The summed E-state index contributed by atoms with van der Waals surface area (Å²) in [7, 11) is 1.59. The molecule has 0 saturated carbocycles. The highest BCUT2D eigenvalue weighted by Crippen LogP contribution is 2.38. The number of Topliss-reactive ketones (excluding diaryl/α,β-unsaturated/α-hetero) is 1. The molecule has 31 heavy (non-hydrogen) atoms. The van der Waals surface area contributed by atoms with E-state index in [1.54, 1.807) is 31.9 Å². The molecule has 0 bridgehead atoms. The van der Waals surface area contributed by atoms with Crippen molar-refractivity contribution >= 4 is 17.5 Å². The first-order chi connectivity index (χ1) is 15.0. The summed E-state index contributed by atoms with van der Waals surface area (Å²) in [5.74, 6) is 2.86. The Hall–Kier alpha value is -2.34. The monoisotopic (exact) mass is 446 g/mol. The number of thioether (sulfide) groups is 1. The third-order valence-electron chi connectivity index (χ3n) is 4.90. The number of phenols is 1. The van der Waals surface area contributed by atoms with Gasteiger partial charge in [-0.2, -0.15) is 0 Å².